The Labute approximate surface area is 145 Å². The maximum atomic E-state index is 13.9. The number of anilines is 1. The summed E-state index contributed by atoms with van der Waals surface area (Å²) in [6, 6.07) is 2.34. The zero-order chi connectivity index (χ0) is 17.8. The fourth-order valence-corrected chi connectivity index (χ4v) is 3.04. The van der Waals surface area contributed by atoms with E-state index in [1.807, 2.05) is 6.20 Å². The van der Waals surface area contributed by atoms with Crippen molar-refractivity contribution in [2.75, 3.05) is 32.6 Å². The van der Waals surface area contributed by atoms with Crippen LogP contribution in [-0.4, -0.2) is 48.2 Å². The Hall–Kier alpha value is -2.77. The number of nitrogens with zero attached hydrogens (tertiary/aromatic N) is 2. The van der Waals surface area contributed by atoms with Gasteiger partial charge in [0.05, 0.1) is 26.2 Å². The molecule has 1 aromatic carbocycles. The van der Waals surface area contributed by atoms with E-state index in [9.17, 15) is 9.18 Å². The maximum Gasteiger partial charge on any atom is 0.321 e. The van der Waals surface area contributed by atoms with Crippen LogP contribution in [-0.2, 0) is 0 Å². The summed E-state index contributed by atoms with van der Waals surface area (Å²) in [4.78, 5) is 21.4. The zero-order valence-electron chi connectivity index (χ0n) is 14.2. The van der Waals surface area contributed by atoms with E-state index in [1.165, 1.54) is 26.4 Å². The van der Waals surface area contributed by atoms with Gasteiger partial charge in [0.1, 0.15) is 5.75 Å². The number of piperidine rings is 1. The number of halogens is 1. The molecule has 0 saturated carbocycles. The summed E-state index contributed by atoms with van der Waals surface area (Å²) in [7, 11) is 2.83. The molecule has 2 aromatic rings. The van der Waals surface area contributed by atoms with Gasteiger partial charge in [0.15, 0.2) is 11.6 Å². The summed E-state index contributed by atoms with van der Waals surface area (Å²) in [5.74, 6) is 0.227. The second kappa shape index (κ2) is 7.42. The van der Waals surface area contributed by atoms with Crippen LogP contribution >= 0.6 is 0 Å². The lowest BCUT2D eigenvalue weighted by molar-refractivity contribution is 0.194. The van der Waals surface area contributed by atoms with Crippen LogP contribution < -0.4 is 14.8 Å². The smallest absolute Gasteiger partial charge is 0.321 e. The molecule has 0 unspecified atom stereocenters. The number of carbonyl (C=O) groups excluding carboxylic acids is 1. The molecule has 0 atom stereocenters. The summed E-state index contributed by atoms with van der Waals surface area (Å²) in [5.41, 5.74) is 1.38. The first-order valence-corrected chi connectivity index (χ1v) is 8.08. The molecule has 1 aliphatic rings. The van der Waals surface area contributed by atoms with E-state index in [-0.39, 0.29) is 17.5 Å². The predicted molar refractivity (Wildman–Crippen MR) is 90.7 cm³/mol. The van der Waals surface area contributed by atoms with Gasteiger partial charge in [0.2, 0.25) is 0 Å². The van der Waals surface area contributed by atoms with Gasteiger partial charge in [-0.2, -0.15) is 0 Å². The van der Waals surface area contributed by atoms with Crippen molar-refractivity contribution in [3.8, 4) is 11.5 Å². The van der Waals surface area contributed by atoms with Gasteiger partial charge in [-0.1, -0.05) is 0 Å². The molecule has 1 fully saturated rings. The number of methoxy groups -OCH3 is 2. The molecule has 25 heavy (non-hydrogen) atoms. The van der Waals surface area contributed by atoms with Crippen LogP contribution in [0.1, 0.15) is 24.5 Å². The summed E-state index contributed by atoms with van der Waals surface area (Å²) in [5, 5.41) is 2.72. The third-order valence-electron chi connectivity index (χ3n) is 4.46. The molecular formula is C17H21FN4O3. The van der Waals surface area contributed by atoms with E-state index in [4.69, 9.17) is 9.47 Å². The molecule has 0 bridgehead atoms. The van der Waals surface area contributed by atoms with Gasteiger partial charge < -0.3 is 24.7 Å². The first-order chi connectivity index (χ1) is 12.1. The maximum absolute atomic E-state index is 13.9. The van der Waals surface area contributed by atoms with Crippen molar-refractivity contribution in [3.63, 3.8) is 0 Å². The highest BCUT2D eigenvalue weighted by Gasteiger charge is 2.25. The molecule has 2 N–H and O–H groups in total. The number of ether oxygens (including phenoxy) is 2. The first-order valence-electron chi connectivity index (χ1n) is 8.08. The second-order valence-corrected chi connectivity index (χ2v) is 5.89. The summed E-state index contributed by atoms with van der Waals surface area (Å²) in [6.07, 6.45) is 5.19. The molecule has 0 radical (unpaired) electrons. The van der Waals surface area contributed by atoms with Crippen molar-refractivity contribution in [2.45, 2.75) is 18.8 Å². The van der Waals surface area contributed by atoms with Crippen molar-refractivity contribution in [2.24, 2.45) is 0 Å². The summed E-state index contributed by atoms with van der Waals surface area (Å²) >= 11 is 0. The van der Waals surface area contributed by atoms with Crippen LogP contribution in [0.5, 0.6) is 11.5 Å². The zero-order valence-corrected chi connectivity index (χ0v) is 14.2. The van der Waals surface area contributed by atoms with Crippen molar-refractivity contribution < 1.29 is 18.7 Å². The van der Waals surface area contributed by atoms with Crippen LogP contribution in [0.25, 0.3) is 0 Å². The third-order valence-corrected chi connectivity index (χ3v) is 4.46. The molecule has 0 aliphatic carbocycles. The fourth-order valence-electron chi connectivity index (χ4n) is 3.04. The Morgan fingerprint density at radius 3 is 2.60 bits per heavy atom. The van der Waals surface area contributed by atoms with E-state index < -0.39 is 5.82 Å². The predicted octanol–water partition coefficient (Wildman–Crippen LogP) is 2.98. The molecule has 2 amide bonds. The third kappa shape index (κ3) is 3.67. The highest BCUT2D eigenvalue weighted by molar-refractivity contribution is 5.91. The number of urea groups is 1. The van der Waals surface area contributed by atoms with Crippen molar-refractivity contribution in [1.29, 1.82) is 0 Å². The number of amides is 2. The molecule has 1 saturated heterocycles. The Bertz CT molecular complexity index is 728. The quantitative estimate of drug-likeness (QED) is 0.890. The average molecular weight is 348 g/mol. The largest absolute Gasteiger partial charge is 0.494 e. The van der Waals surface area contributed by atoms with Gasteiger partial charge in [-0.15, -0.1) is 0 Å². The lowest BCUT2D eigenvalue weighted by Crippen LogP contribution is -2.40. The van der Waals surface area contributed by atoms with Crippen LogP contribution in [0.2, 0.25) is 0 Å². The second-order valence-electron chi connectivity index (χ2n) is 5.89. The molecule has 134 valence electrons. The molecule has 2 heterocycles. The Morgan fingerprint density at radius 2 is 2.00 bits per heavy atom. The van der Waals surface area contributed by atoms with Crippen LogP contribution in [0, 0.1) is 5.82 Å². The van der Waals surface area contributed by atoms with Gasteiger partial charge in [0.25, 0.3) is 0 Å². The number of imidazole rings is 1. The minimum absolute atomic E-state index is 0.0650. The minimum Gasteiger partial charge on any atom is -0.494 e. The van der Waals surface area contributed by atoms with E-state index >= 15 is 0 Å². The first kappa shape index (κ1) is 17.1. The van der Waals surface area contributed by atoms with Crippen LogP contribution in [0.4, 0.5) is 14.9 Å². The Kier molecular flexibility index (Phi) is 5.06. The average Bonchev–Trinajstić information content (AvgIpc) is 3.17. The molecule has 0 spiro atoms. The number of benzene rings is 1. The molecule has 7 nitrogen and oxygen atoms in total. The van der Waals surface area contributed by atoms with Crippen molar-refractivity contribution >= 4 is 11.7 Å². The van der Waals surface area contributed by atoms with Crippen molar-refractivity contribution in [3.05, 3.63) is 36.2 Å². The standard InChI is InChI=1S/C17H21FN4O3/c1-24-15-8-16(25-2)13(7-12(15)18)21-17(23)22-5-3-11(4-6-22)14-9-19-10-20-14/h7-11H,3-6H2,1-2H3,(H,19,20)(H,21,23). The Balaban J connectivity index is 1.64. The number of rotatable bonds is 4. The number of hydrogen-bond donors (Lipinski definition) is 2. The van der Waals surface area contributed by atoms with Gasteiger partial charge in [-0.05, 0) is 12.8 Å². The number of aromatic amines is 1. The number of aromatic nitrogens is 2. The summed E-state index contributed by atoms with van der Waals surface area (Å²) in [6.45, 7) is 1.24. The molecule has 1 aromatic heterocycles. The van der Waals surface area contributed by atoms with Gasteiger partial charge >= 0.3 is 6.03 Å². The highest BCUT2D eigenvalue weighted by Crippen LogP contribution is 2.32. The van der Waals surface area contributed by atoms with E-state index in [0.717, 1.165) is 18.5 Å². The van der Waals surface area contributed by atoms with E-state index in [0.29, 0.717) is 24.8 Å². The van der Waals surface area contributed by atoms with E-state index in [1.54, 1.807) is 11.2 Å². The van der Waals surface area contributed by atoms with Gasteiger partial charge in [-0.3, -0.25) is 0 Å². The number of likely N-dealkylation sites (tertiary alicyclic amines) is 1. The minimum atomic E-state index is -0.559. The number of carbonyl (C=O) groups is 1. The lowest BCUT2D eigenvalue weighted by atomic mass is 9.94. The topological polar surface area (TPSA) is 79.5 Å². The molecule has 1 aliphatic heterocycles. The summed E-state index contributed by atoms with van der Waals surface area (Å²) < 4.78 is 24.0. The van der Waals surface area contributed by atoms with Gasteiger partial charge in [-0.25, -0.2) is 14.2 Å². The normalized spacial score (nSPS) is 15.1. The monoisotopic (exact) mass is 348 g/mol. The lowest BCUT2D eigenvalue weighted by Gasteiger charge is -2.31. The molecule has 8 heteroatoms. The number of hydrogen-bond acceptors (Lipinski definition) is 4. The number of nitrogens with one attached hydrogen (secondary N) is 2. The van der Waals surface area contributed by atoms with Crippen LogP contribution in [0.3, 0.4) is 0 Å². The molecular weight excluding hydrogens is 327 g/mol. The number of H-pyrrole nitrogens is 1. The highest BCUT2D eigenvalue weighted by atomic mass is 19.1. The van der Waals surface area contributed by atoms with Crippen molar-refractivity contribution in [1.82, 2.24) is 14.9 Å². The van der Waals surface area contributed by atoms with Gasteiger partial charge in [0, 0.05) is 43.0 Å². The molecule has 3 rings (SSSR count). The SMILES string of the molecule is COc1cc(OC)c(NC(=O)N2CCC(c3cnc[nH]3)CC2)cc1F. The van der Waals surface area contributed by atoms with Crippen LogP contribution in [0.15, 0.2) is 24.7 Å². The fraction of sp³-hybridized carbons (Fsp3) is 0.412. The Morgan fingerprint density at radius 1 is 1.28 bits per heavy atom. The van der Waals surface area contributed by atoms with E-state index in [2.05, 4.69) is 15.3 Å².